The van der Waals surface area contributed by atoms with Crippen LogP contribution in [0.25, 0.3) is 0 Å². The van der Waals surface area contributed by atoms with E-state index in [1.807, 2.05) is 6.92 Å². The third-order valence-corrected chi connectivity index (χ3v) is 9.07. The Hall–Kier alpha value is -0.796. The minimum atomic E-state index is -1.93. The first-order chi connectivity index (χ1) is 9.04. The van der Waals surface area contributed by atoms with E-state index in [0.717, 1.165) is 25.0 Å². The number of rotatable bonds is 3. The van der Waals surface area contributed by atoms with Gasteiger partial charge in [0.05, 0.1) is 11.2 Å². The molecule has 1 aliphatic carbocycles. The van der Waals surface area contributed by atoms with Gasteiger partial charge in [-0.15, -0.1) is 5.54 Å². The highest BCUT2D eigenvalue weighted by Gasteiger charge is 2.45. The number of ketones is 1. The van der Waals surface area contributed by atoms with E-state index < -0.39 is 13.7 Å². The summed E-state index contributed by atoms with van der Waals surface area (Å²) in [6.45, 7) is 13.0. The molecule has 0 amide bonds. The maximum Gasteiger partial charge on any atom is 0.250 e. The second-order valence-corrected chi connectivity index (χ2v) is 12.2. The molecule has 0 saturated heterocycles. The average molecular weight is 306 g/mol. The fourth-order valence-electron chi connectivity index (χ4n) is 2.04. The van der Waals surface area contributed by atoms with Gasteiger partial charge in [0.15, 0.2) is 0 Å². The van der Waals surface area contributed by atoms with Gasteiger partial charge in [-0.3, -0.25) is 4.79 Å². The van der Waals surface area contributed by atoms with Crippen molar-refractivity contribution >= 4 is 24.3 Å². The van der Waals surface area contributed by atoms with Crippen LogP contribution >= 0.6 is 0 Å². The summed E-state index contributed by atoms with van der Waals surface area (Å²) in [5.41, 5.74) is 1.95. The van der Waals surface area contributed by atoms with Crippen LogP contribution in [0.2, 0.25) is 18.1 Å². The highest BCUT2D eigenvalue weighted by Crippen LogP contribution is 2.44. The van der Waals surface area contributed by atoms with Crippen molar-refractivity contribution in [3.63, 3.8) is 0 Å². The minimum Gasteiger partial charge on any atom is -0.546 e. The molecule has 0 spiro atoms. The van der Waals surface area contributed by atoms with Crippen LogP contribution in [0.1, 0.15) is 47.0 Å². The Morgan fingerprint density at radius 3 is 2.55 bits per heavy atom. The van der Waals surface area contributed by atoms with Crippen LogP contribution in [-0.2, 0) is 9.22 Å². The maximum atomic E-state index is 12.4. The van der Waals surface area contributed by atoms with Gasteiger partial charge in [-0.2, -0.15) is 0 Å². The zero-order valence-corrected chi connectivity index (χ0v) is 15.5. The molecule has 1 aliphatic rings. The predicted molar refractivity (Wildman–Crippen MR) is 86.9 cm³/mol. The third kappa shape index (κ3) is 3.45. The van der Waals surface area contributed by atoms with Gasteiger partial charge in [0.25, 0.3) is 0 Å². The molecule has 0 heterocycles. The summed E-state index contributed by atoms with van der Waals surface area (Å²) in [6.07, 6.45) is 4.90. The van der Waals surface area contributed by atoms with Crippen LogP contribution in [0.5, 0.6) is 0 Å². The largest absolute Gasteiger partial charge is 0.546 e. The van der Waals surface area contributed by atoms with Gasteiger partial charge in [0.1, 0.15) is 10.2 Å². The topological polar surface area (TPSA) is 26.3 Å². The first-order valence-corrected chi connectivity index (χ1v) is 10.6. The van der Waals surface area contributed by atoms with Gasteiger partial charge in [-0.05, 0) is 56.3 Å². The highest BCUT2D eigenvalue weighted by atomic mass is 28.4. The van der Waals surface area contributed by atoms with Crippen molar-refractivity contribution in [3.8, 4) is 11.5 Å². The Balaban J connectivity index is 3.10. The Bertz CT molecular complexity index is 475. The number of carbonyl (C=O) groups is 1. The van der Waals surface area contributed by atoms with Gasteiger partial charge < -0.3 is 4.43 Å². The van der Waals surface area contributed by atoms with Gasteiger partial charge in [-0.1, -0.05) is 20.8 Å². The lowest BCUT2D eigenvalue weighted by Crippen LogP contribution is -2.44. The number of hydrogen-bond acceptors (Lipinski definition) is 2. The summed E-state index contributed by atoms with van der Waals surface area (Å²) < 4.78 is 6.42. The maximum absolute atomic E-state index is 12.4. The normalized spacial score (nSPS) is 23.4. The molecular weight excluding hydrogens is 280 g/mol. The van der Waals surface area contributed by atoms with Crippen LogP contribution in [0.4, 0.5) is 0 Å². The molecule has 0 N–H and O–H groups in total. The zero-order chi connectivity index (χ0) is 15.6. The summed E-state index contributed by atoms with van der Waals surface area (Å²) in [7, 11) is 1.14. The quantitative estimate of drug-likeness (QED) is 0.586. The second kappa shape index (κ2) is 5.91. The van der Waals surface area contributed by atoms with E-state index in [2.05, 4.69) is 61.6 Å². The predicted octanol–water partition coefficient (Wildman–Crippen LogP) is 3.78. The van der Waals surface area contributed by atoms with Gasteiger partial charge in [0.2, 0.25) is 14.1 Å². The summed E-state index contributed by atoms with van der Waals surface area (Å²) in [5, 5.41) is 0.121. The molecule has 1 rings (SSSR count). The molecule has 20 heavy (non-hydrogen) atoms. The van der Waals surface area contributed by atoms with E-state index in [0.29, 0.717) is 0 Å². The number of Topliss-reactive ketones (excluding diaryl/α,β-unsaturated/α-hetero) is 1. The fourth-order valence-corrected chi connectivity index (χ4v) is 3.32. The third-order valence-electron chi connectivity index (χ3n) is 4.60. The van der Waals surface area contributed by atoms with E-state index >= 15 is 0 Å². The summed E-state index contributed by atoms with van der Waals surface area (Å²) in [6, 6.07) is 0. The SMILES string of the molecule is CC1(C(=O)C#C[Si])CCCC=C1O[Si](C)(C)C(C)(C)C. The fraction of sp³-hybridized carbons (Fsp3) is 0.688. The van der Waals surface area contributed by atoms with Gasteiger partial charge in [0, 0.05) is 0 Å². The minimum absolute atomic E-state index is 0.0582. The highest BCUT2D eigenvalue weighted by molar-refractivity contribution is 6.74. The molecule has 0 saturated carbocycles. The van der Waals surface area contributed by atoms with Crippen molar-refractivity contribution < 1.29 is 9.22 Å². The molecule has 1 unspecified atom stereocenters. The summed E-state index contributed by atoms with van der Waals surface area (Å²) in [5.74, 6) is 3.41. The monoisotopic (exact) mass is 305 g/mol. The molecule has 2 nitrogen and oxygen atoms in total. The molecule has 0 aliphatic heterocycles. The summed E-state index contributed by atoms with van der Waals surface area (Å²) in [4.78, 5) is 12.4. The lowest BCUT2D eigenvalue weighted by atomic mass is 9.76. The molecular formula is C16H25O2Si2. The Labute approximate surface area is 127 Å². The van der Waals surface area contributed by atoms with Crippen molar-refractivity contribution in [2.75, 3.05) is 0 Å². The molecule has 4 heteroatoms. The van der Waals surface area contributed by atoms with E-state index in [-0.39, 0.29) is 10.8 Å². The Morgan fingerprint density at radius 2 is 2.05 bits per heavy atom. The van der Waals surface area contributed by atoms with Crippen LogP contribution in [0.3, 0.4) is 0 Å². The van der Waals surface area contributed by atoms with Crippen LogP contribution in [0, 0.1) is 16.9 Å². The van der Waals surface area contributed by atoms with Crippen LogP contribution in [-0.4, -0.2) is 24.3 Å². The van der Waals surface area contributed by atoms with Crippen molar-refractivity contribution in [3.05, 3.63) is 11.8 Å². The van der Waals surface area contributed by atoms with E-state index in [4.69, 9.17) is 4.43 Å². The molecule has 0 aromatic carbocycles. The van der Waals surface area contributed by atoms with E-state index in [9.17, 15) is 4.79 Å². The number of hydrogen-bond donors (Lipinski definition) is 0. The first kappa shape index (κ1) is 17.3. The lowest BCUT2D eigenvalue weighted by Gasteiger charge is -2.42. The molecule has 109 valence electrons. The molecule has 0 bridgehead atoms. The molecule has 1 atom stereocenters. The molecule has 3 radical (unpaired) electrons. The van der Waals surface area contributed by atoms with E-state index in [1.54, 1.807) is 0 Å². The lowest BCUT2D eigenvalue weighted by molar-refractivity contribution is -0.122. The molecule has 0 aromatic heterocycles. The summed E-state index contributed by atoms with van der Waals surface area (Å²) >= 11 is 0. The van der Waals surface area contributed by atoms with Crippen LogP contribution < -0.4 is 0 Å². The van der Waals surface area contributed by atoms with Crippen molar-refractivity contribution in [1.82, 2.24) is 0 Å². The van der Waals surface area contributed by atoms with Gasteiger partial charge in [-0.25, -0.2) is 0 Å². The number of allylic oxidation sites excluding steroid dienone is 2. The zero-order valence-electron chi connectivity index (χ0n) is 13.5. The Morgan fingerprint density at radius 1 is 1.45 bits per heavy atom. The van der Waals surface area contributed by atoms with Gasteiger partial charge >= 0.3 is 0 Å². The van der Waals surface area contributed by atoms with E-state index in [1.165, 1.54) is 0 Å². The average Bonchev–Trinajstić information content (AvgIpc) is 2.31. The first-order valence-electron chi connectivity index (χ1n) is 7.16. The molecule has 0 aromatic rings. The smallest absolute Gasteiger partial charge is 0.250 e. The van der Waals surface area contributed by atoms with Crippen molar-refractivity contribution in [1.29, 1.82) is 0 Å². The van der Waals surface area contributed by atoms with Crippen molar-refractivity contribution in [2.45, 2.75) is 65.1 Å². The standard InChI is InChI=1S/C16H25O2Si2/c1-15(2,3)20(5,6)18-14-9-7-8-11-16(14,4)13(17)10-12-19/h9H,7-8,11H2,1-6H3. The van der Waals surface area contributed by atoms with Crippen molar-refractivity contribution in [2.24, 2.45) is 5.41 Å². The van der Waals surface area contributed by atoms with Crippen LogP contribution in [0.15, 0.2) is 11.8 Å². The molecule has 0 fully saturated rings. The second-order valence-electron chi connectivity index (χ2n) is 7.23. The Kier molecular flexibility index (Phi) is 5.10. The number of carbonyl (C=O) groups excluding carboxylic acids is 1.